The van der Waals surface area contributed by atoms with Crippen molar-refractivity contribution in [3.8, 4) is 0 Å². The summed E-state index contributed by atoms with van der Waals surface area (Å²) in [6.45, 7) is 0. The van der Waals surface area contributed by atoms with Crippen LogP contribution in [0.5, 0.6) is 0 Å². The minimum atomic E-state index is -0.132. The first kappa shape index (κ1) is 13.2. The zero-order chi connectivity index (χ0) is 12.5. The molecule has 0 spiro atoms. The van der Waals surface area contributed by atoms with Gasteiger partial charge in [-0.2, -0.15) is 0 Å². The van der Waals surface area contributed by atoms with E-state index < -0.39 is 0 Å². The van der Waals surface area contributed by atoms with Crippen LogP contribution < -0.4 is 11.5 Å². The number of halogens is 2. The Bertz CT molecular complexity index is 398. The van der Waals surface area contributed by atoms with E-state index in [2.05, 4.69) is 0 Å². The van der Waals surface area contributed by atoms with E-state index >= 15 is 0 Å². The van der Waals surface area contributed by atoms with Gasteiger partial charge in [0.25, 0.3) is 0 Å². The SMILES string of the molecule is NC1CCC(N)(Cc2ccc(Cl)c(Cl)c2)CC1. The molecule has 2 rings (SSSR count). The predicted octanol–water partition coefficient (Wildman–Crippen LogP) is 3.13. The third-order valence-corrected chi connectivity index (χ3v) is 4.31. The Kier molecular flexibility index (Phi) is 3.99. The van der Waals surface area contributed by atoms with E-state index in [1.807, 2.05) is 18.2 Å². The largest absolute Gasteiger partial charge is 0.328 e. The molecule has 1 aliphatic carbocycles. The topological polar surface area (TPSA) is 52.0 Å². The van der Waals surface area contributed by atoms with Crippen LogP contribution in [0.3, 0.4) is 0 Å². The van der Waals surface area contributed by atoms with E-state index in [4.69, 9.17) is 34.7 Å². The molecule has 0 heterocycles. The van der Waals surface area contributed by atoms with Crippen molar-refractivity contribution in [1.82, 2.24) is 0 Å². The van der Waals surface area contributed by atoms with Crippen molar-refractivity contribution in [3.05, 3.63) is 33.8 Å². The zero-order valence-corrected chi connectivity index (χ0v) is 11.3. The van der Waals surface area contributed by atoms with Gasteiger partial charge in [-0.1, -0.05) is 29.3 Å². The van der Waals surface area contributed by atoms with E-state index in [1.165, 1.54) is 0 Å². The third-order valence-electron chi connectivity index (χ3n) is 3.57. The zero-order valence-electron chi connectivity index (χ0n) is 9.76. The van der Waals surface area contributed by atoms with Crippen LogP contribution in [-0.4, -0.2) is 11.6 Å². The molecule has 0 saturated heterocycles. The standard InChI is InChI=1S/C13H18Cl2N2/c14-11-2-1-9(7-12(11)15)8-13(17)5-3-10(16)4-6-13/h1-2,7,10H,3-6,8,16-17H2. The number of hydrogen-bond donors (Lipinski definition) is 2. The molecule has 0 radical (unpaired) electrons. The quantitative estimate of drug-likeness (QED) is 0.869. The van der Waals surface area contributed by atoms with Crippen LogP contribution in [0.25, 0.3) is 0 Å². The van der Waals surface area contributed by atoms with Crippen LogP contribution in [0.1, 0.15) is 31.2 Å². The summed E-state index contributed by atoms with van der Waals surface area (Å²) >= 11 is 11.9. The van der Waals surface area contributed by atoms with Crippen molar-refractivity contribution < 1.29 is 0 Å². The van der Waals surface area contributed by atoms with Crippen LogP contribution in [0.15, 0.2) is 18.2 Å². The van der Waals surface area contributed by atoms with Crippen molar-refractivity contribution >= 4 is 23.2 Å². The molecule has 0 aromatic heterocycles. The highest BCUT2D eigenvalue weighted by molar-refractivity contribution is 6.42. The molecule has 0 unspecified atom stereocenters. The Morgan fingerprint density at radius 3 is 2.41 bits per heavy atom. The number of rotatable bonds is 2. The Balaban J connectivity index is 2.07. The molecule has 4 heteroatoms. The fourth-order valence-corrected chi connectivity index (χ4v) is 2.77. The van der Waals surface area contributed by atoms with E-state index in [9.17, 15) is 0 Å². The first-order valence-electron chi connectivity index (χ1n) is 5.97. The lowest BCUT2D eigenvalue weighted by Crippen LogP contribution is -2.47. The average Bonchev–Trinajstić information content (AvgIpc) is 2.28. The molecule has 1 fully saturated rings. The highest BCUT2D eigenvalue weighted by Gasteiger charge is 2.30. The van der Waals surface area contributed by atoms with Gasteiger partial charge in [0.2, 0.25) is 0 Å². The van der Waals surface area contributed by atoms with E-state index in [-0.39, 0.29) is 5.54 Å². The second-order valence-electron chi connectivity index (χ2n) is 5.13. The first-order valence-corrected chi connectivity index (χ1v) is 6.72. The summed E-state index contributed by atoms with van der Waals surface area (Å²) in [5.74, 6) is 0. The van der Waals surface area contributed by atoms with Crippen LogP contribution in [0.4, 0.5) is 0 Å². The van der Waals surface area contributed by atoms with Gasteiger partial charge >= 0.3 is 0 Å². The summed E-state index contributed by atoms with van der Waals surface area (Å²) in [6, 6.07) is 6.06. The van der Waals surface area contributed by atoms with E-state index in [0.29, 0.717) is 16.1 Å². The van der Waals surface area contributed by atoms with Gasteiger partial charge in [0, 0.05) is 11.6 Å². The molecule has 17 heavy (non-hydrogen) atoms. The van der Waals surface area contributed by atoms with Gasteiger partial charge in [-0.15, -0.1) is 0 Å². The minimum Gasteiger partial charge on any atom is -0.328 e. The van der Waals surface area contributed by atoms with E-state index in [1.54, 1.807) is 0 Å². The Morgan fingerprint density at radius 2 is 1.82 bits per heavy atom. The summed E-state index contributed by atoms with van der Waals surface area (Å²) in [4.78, 5) is 0. The van der Waals surface area contributed by atoms with Gasteiger partial charge < -0.3 is 11.5 Å². The maximum Gasteiger partial charge on any atom is 0.0595 e. The van der Waals surface area contributed by atoms with Crippen molar-refractivity contribution in [2.75, 3.05) is 0 Å². The highest BCUT2D eigenvalue weighted by atomic mass is 35.5. The number of hydrogen-bond acceptors (Lipinski definition) is 2. The van der Waals surface area contributed by atoms with Gasteiger partial charge in [-0.25, -0.2) is 0 Å². The smallest absolute Gasteiger partial charge is 0.0595 e. The lowest BCUT2D eigenvalue weighted by Gasteiger charge is -2.36. The normalized spacial score (nSPS) is 29.3. The maximum atomic E-state index is 6.41. The highest BCUT2D eigenvalue weighted by Crippen LogP contribution is 2.30. The van der Waals surface area contributed by atoms with Gasteiger partial charge in [0.05, 0.1) is 10.0 Å². The summed E-state index contributed by atoms with van der Waals surface area (Å²) in [6.07, 6.45) is 4.83. The van der Waals surface area contributed by atoms with Gasteiger partial charge in [-0.05, 0) is 49.8 Å². The van der Waals surface area contributed by atoms with Crippen LogP contribution in [0.2, 0.25) is 10.0 Å². The summed E-state index contributed by atoms with van der Waals surface area (Å²) in [7, 11) is 0. The van der Waals surface area contributed by atoms with Gasteiger partial charge in [0.1, 0.15) is 0 Å². The first-order chi connectivity index (χ1) is 7.98. The van der Waals surface area contributed by atoms with Crippen LogP contribution in [0, 0.1) is 0 Å². The predicted molar refractivity (Wildman–Crippen MR) is 73.5 cm³/mol. The lowest BCUT2D eigenvalue weighted by molar-refractivity contribution is 0.271. The lowest BCUT2D eigenvalue weighted by atomic mass is 9.77. The molecule has 4 N–H and O–H groups in total. The van der Waals surface area contributed by atoms with Crippen molar-refractivity contribution in [3.63, 3.8) is 0 Å². The molecule has 2 nitrogen and oxygen atoms in total. The minimum absolute atomic E-state index is 0.132. The van der Waals surface area contributed by atoms with Crippen LogP contribution in [-0.2, 0) is 6.42 Å². The summed E-state index contributed by atoms with van der Waals surface area (Å²) in [5, 5.41) is 1.19. The molecular weight excluding hydrogens is 255 g/mol. The molecule has 0 atom stereocenters. The van der Waals surface area contributed by atoms with Crippen molar-refractivity contribution in [1.29, 1.82) is 0 Å². The number of nitrogens with two attached hydrogens (primary N) is 2. The molecular formula is C13H18Cl2N2. The summed E-state index contributed by atoms with van der Waals surface area (Å²) < 4.78 is 0. The van der Waals surface area contributed by atoms with Crippen molar-refractivity contribution in [2.45, 2.75) is 43.7 Å². The second kappa shape index (κ2) is 5.15. The van der Waals surface area contributed by atoms with Crippen LogP contribution >= 0.6 is 23.2 Å². The fourth-order valence-electron chi connectivity index (χ4n) is 2.45. The molecule has 0 aliphatic heterocycles. The average molecular weight is 273 g/mol. The van der Waals surface area contributed by atoms with Gasteiger partial charge in [-0.3, -0.25) is 0 Å². The van der Waals surface area contributed by atoms with E-state index in [0.717, 1.165) is 37.7 Å². The second-order valence-corrected chi connectivity index (χ2v) is 5.94. The monoisotopic (exact) mass is 272 g/mol. The molecule has 1 aliphatic rings. The molecule has 1 aromatic rings. The summed E-state index contributed by atoms with van der Waals surface area (Å²) in [5.41, 5.74) is 13.3. The Hall–Kier alpha value is -0.280. The molecule has 0 amide bonds. The van der Waals surface area contributed by atoms with Gasteiger partial charge in [0.15, 0.2) is 0 Å². The molecule has 94 valence electrons. The van der Waals surface area contributed by atoms with Crippen molar-refractivity contribution in [2.24, 2.45) is 11.5 Å². The Morgan fingerprint density at radius 1 is 1.18 bits per heavy atom. The Labute approximate surface area is 112 Å². The maximum absolute atomic E-state index is 6.41. The molecule has 1 saturated carbocycles. The molecule has 0 bridgehead atoms. The molecule has 1 aromatic carbocycles. The fraction of sp³-hybridized carbons (Fsp3) is 0.538. The number of benzene rings is 1. The third kappa shape index (κ3) is 3.35.